The van der Waals surface area contributed by atoms with Gasteiger partial charge in [0.2, 0.25) is 0 Å². The van der Waals surface area contributed by atoms with Crippen LogP contribution in [0, 0.1) is 6.92 Å². The van der Waals surface area contributed by atoms with Crippen molar-refractivity contribution in [3.8, 4) is 0 Å². The summed E-state index contributed by atoms with van der Waals surface area (Å²) in [6, 6.07) is 8.64. The van der Waals surface area contributed by atoms with Crippen LogP contribution in [0.4, 0.5) is 5.69 Å². The highest BCUT2D eigenvalue weighted by Crippen LogP contribution is 2.30. The predicted octanol–water partition coefficient (Wildman–Crippen LogP) is 4.41. The van der Waals surface area contributed by atoms with Crippen LogP contribution < -0.4 is 10.2 Å². The summed E-state index contributed by atoms with van der Waals surface area (Å²) < 4.78 is 0. The van der Waals surface area contributed by atoms with Gasteiger partial charge in [-0.3, -0.25) is 0 Å². The second kappa shape index (κ2) is 6.83. The van der Waals surface area contributed by atoms with E-state index in [9.17, 15) is 0 Å². The molecular weight excluding hydrogens is 256 g/mol. The molecule has 1 saturated carbocycles. The Kier molecular flexibility index (Phi) is 4.84. The van der Waals surface area contributed by atoms with Gasteiger partial charge in [0.15, 0.2) is 0 Å². The second-order valence-corrected chi connectivity index (χ2v) is 6.91. The Morgan fingerprint density at radius 3 is 2.76 bits per heavy atom. The Morgan fingerprint density at radius 2 is 2.05 bits per heavy atom. The number of aryl methyl sites for hydroxylation is 1. The zero-order chi connectivity index (χ0) is 14.7. The standard InChI is InChI=1S/C19H30N2/c1-3-6-18-7-4-5-12-21(18)19-11-8-16(13-15(19)2)14-20-17-9-10-17/h8,11,13,17-18,20H,3-7,9-10,12,14H2,1-2H3. The maximum Gasteiger partial charge on any atom is 0.0398 e. The number of nitrogens with one attached hydrogen (secondary N) is 1. The molecule has 21 heavy (non-hydrogen) atoms. The highest BCUT2D eigenvalue weighted by atomic mass is 15.2. The Labute approximate surface area is 129 Å². The fraction of sp³-hybridized carbons (Fsp3) is 0.684. The van der Waals surface area contributed by atoms with Gasteiger partial charge in [-0.2, -0.15) is 0 Å². The van der Waals surface area contributed by atoms with Crippen molar-refractivity contribution in [1.29, 1.82) is 0 Å². The molecule has 116 valence electrons. The van der Waals surface area contributed by atoms with Gasteiger partial charge in [0.05, 0.1) is 0 Å². The van der Waals surface area contributed by atoms with Crippen LogP contribution in [0.3, 0.4) is 0 Å². The topological polar surface area (TPSA) is 15.3 Å². The van der Waals surface area contributed by atoms with E-state index in [-0.39, 0.29) is 0 Å². The van der Waals surface area contributed by atoms with Gasteiger partial charge in [-0.15, -0.1) is 0 Å². The van der Waals surface area contributed by atoms with Crippen molar-refractivity contribution in [3.05, 3.63) is 29.3 Å². The molecule has 2 nitrogen and oxygen atoms in total. The minimum atomic E-state index is 0.762. The zero-order valence-corrected chi connectivity index (χ0v) is 13.7. The summed E-state index contributed by atoms with van der Waals surface area (Å²) in [5, 5.41) is 3.61. The number of piperidine rings is 1. The van der Waals surface area contributed by atoms with Gasteiger partial charge in [-0.05, 0) is 62.6 Å². The molecule has 1 saturated heterocycles. The largest absolute Gasteiger partial charge is 0.368 e. The van der Waals surface area contributed by atoms with Crippen molar-refractivity contribution in [2.45, 2.75) is 77.4 Å². The van der Waals surface area contributed by atoms with E-state index in [2.05, 4.69) is 42.3 Å². The third-order valence-corrected chi connectivity index (χ3v) is 4.99. The molecule has 0 amide bonds. The van der Waals surface area contributed by atoms with Gasteiger partial charge in [-0.25, -0.2) is 0 Å². The average Bonchev–Trinajstić information content (AvgIpc) is 3.31. The molecule has 0 bridgehead atoms. The van der Waals surface area contributed by atoms with Crippen LogP contribution in [0.15, 0.2) is 18.2 Å². The minimum Gasteiger partial charge on any atom is -0.368 e. The normalized spacial score (nSPS) is 22.6. The maximum absolute atomic E-state index is 3.61. The smallest absolute Gasteiger partial charge is 0.0398 e. The van der Waals surface area contributed by atoms with Gasteiger partial charge in [0.25, 0.3) is 0 Å². The van der Waals surface area contributed by atoms with Gasteiger partial charge in [-0.1, -0.05) is 25.5 Å². The summed E-state index contributed by atoms with van der Waals surface area (Å²) in [5.41, 5.74) is 4.36. The molecule has 3 rings (SSSR count). The third kappa shape index (κ3) is 3.79. The summed E-state index contributed by atoms with van der Waals surface area (Å²) >= 11 is 0. The van der Waals surface area contributed by atoms with E-state index in [1.54, 1.807) is 0 Å². The van der Waals surface area contributed by atoms with Gasteiger partial charge >= 0.3 is 0 Å². The lowest BCUT2D eigenvalue weighted by Gasteiger charge is -2.38. The molecule has 1 aliphatic carbocycles. The molecule has 1 N–H and O–H groups in total. The zero-order valence-electron chi connectivity index (χ0n) is 13.7. The predicted molar refractivity (Wildman–Crippen MR) is 90.9 cm³/mol. The van der Waals surface area contributed by atoms with Crippen LogP contribution in [-0.4, -0.2) is 18.6 Å². The molecule has 1 heterocycles. The molecule has 2 aliphatic rings. The molecule has 1 atom stereocenters. The van der Waals surface area contributed by atoms with Crippen molar-refractivity contribution in [1.82, 2.24) is 5.32 Å². The molecule has 1 aliphatic heterocycles. The summed E-state index contributed by atoms with van der Waals surface area (Å²) in [4.78, 5) is 2.68. The highest BCUT2D eigenvalue weighted by Gasteiger charge is 2.23. The Balaban J connectivity index is 1.70. The Morgan fingerprint density at radius 1 is 1.19 bits per heavy atom. The molecule has 0 spiro atoms. The lowest BCUT2D eigenvalue weighted by atomic mass is 9.96. The number of hydrogen-bond acceptors (Lipinski definition) is 2. The van der Waals surface area contributed by atoms with Crippen molar-refractivity contribution in [2.24, 2.45) is 0 Å². The van der Waals surface area contributed by atoms with E-state index < -0.39 is 0 Å². The maximum atomic E-state index is 3.61. The van der Waals surface area contributed by atoms with E-state index in [0.29, 0.717) is 0 Å². The quantitative estimate of drug-likeness (QED) is 0.833. The first kappa shape index (κ1) is 14.9. The van der Waals surface area contributed by atoms with Crippen molar-refractivity contribution in [2.75, 3.05) is 11.4 Å². The van der Waals surface area contributed by atoms with E-state index in [0.717, 1.165) is 18.6 Å². The van der Waals surface area contributed by atoms with E-state index >= 15 is 0 Å². The van der Waals surface area contributed by atoms with Gasteiger partial charge in [0.1, 0.15) is 0 Å². The Bertz CT molecular complexity index is 463. The fourth-order valence-electron chi connectivity index (χ4n) is 3.65. The van der Waals surface area contributed by atoms with Gasteiger partial charge < -0.3 is 10.2 Å². The van der Waals surface area contributed by atoms with Crippen molar-refractivity contribution in [3.63, 3.8) is 0 Å². The monoisotopic (exact) mass is 286 g/mol. The van der Waals surface area contributed by atoms with Crippen LogP contribution in [-0.2, 0) is 6.54 Å². The van der Waals surface area contributed by atoms with Crippen molar-refractivity contribution >= 4 is 5.69 Å². The molecule has 1 aromatic carbocycles. The molecular formula is C19H30N2. The van der Waals surface area contributed by atoms with E-state index in [1.807, 2.05) is 0 Å². The van der Waals surface area contributed by atoms with Crippen LogP contribution in [0.5, 0.6) is 0 Å². The number of hydrogen-bond donors (Lipinski definition) is 1. The number of benzene rings is 1. The average molecular weight is 286 g/mol. The molecule has 0 aromatic heterocycles. The van der Waals surface area contributed by atoms with E-state index in [4.69, 9.17) is 0 Å². The van der Waals surface area contributed by atoms with Crippen molar-refractivity contribution < 1.29 is 0 Å². The second-order valence-electron chi connectivity index (χ2n) is 6.91. The molecule has 1 aromatic rings. The summed E-state index contributed by atoms with van der Waals surface area (Å²) in [7, 11) is 0. The fourth-order valence-corrected chi connectivity index (χ4v) is 3.65. The lowest BCUT2D eigenvalue weighted by molar-refractivity contribution is 0.434. The van der Waals surface area contributed by atoms with Gasteiger partial charge in [0, 0.05) is 30.9 Å². The summed E-state index contributed by atoms with van der Waals surface area (Å²) in [6.07, 6.45) is 9.49. The molecule has 0 radical (unpaired) electrons. The van der Waals surface area contributed by atoms with Crippen LogP contribution in [0.2, 0.25) is 0 Å². The highest BCUT2D eigenvalue weighted by molar-refractivity contribution is 5.55. The summed E-state index contributed by atoms with van der Waals surface area (Å²) in [5.74, 6) is 0. The molecule has 2 fully saturated rings. The number of rotatable bonds is 6. The minimum absolute atomic E-state index is 0.762. The first-order valence-electron chi connectivity index (χ1n) is 8.87. The van der Waals surface area contributed by atoms with Crippen LogP contribution in [0.25, 0.3) is 0 Å². The number of anilines is 1. The lowest BCUT2D eigenvalue weighted by Crippen LogP contribution is -2.39. The van der Waals surface area contributed by atoms with E-state index in [1.165, 1.54) is 68.3 Å². The third-order valence-electron chi connectivity index (χ3n) is 4.99. The molecule has 2 heteroatoms. The first-order valence-corrected chi connectivity index (χ1v) is 8.87. The van der Waals surface area contributed by atoms with Crippen LogP contribution in [0.1, 0.15) is 63.0 Å². The summed E-state index contributed by atoms with van der Waals surface area (Å²) in [6.45, 7) is 6.87. The SMILES string of the molecule is CCCC1CCCCN1c1ccc(CNC2CC2)cc1C. The Hall–Kier alpha value is -1.02. The number of nitrogens with zero attached hydrogens (tertiary/aromatic N) is 1. The first-order chi connectivity index (χ1) is 10.3. The molecule has 1 unspecified atom stereocenters. The van der Waals surface area contributed by atoms with Crippen LogP contribution >= 0.6 is 0 Å².